The maximum atomic E-state index is 15.6. The number of nitrogens with zero attached hydrogens (tertiary/aromatic N) is 8. The van der Waals surface area contributed by atoms with Crippen molar-refractivity contribution in [2.24, 2.45) is 5.92 Å². The summed E-state index contributed by atoms with van der Waals surface area (Å²) in [4.78, 5) is 34.5. The summed E-state index contributed by atoms with van der Waals surface area (Å²) in [6.45, 7) is 7.54. The molecule has 2 atom stereocenters. The number of fused-ring (bicyclic) bond motifs is 6. The van der Waals surface area contributed by atoms with Gasteiger partial charge in [0.25, 0.3) is 0 Å². The van der Waals surface area contributed by atoms with Gasteiger partial charge in [0.05, 0.1) is 11.2 Å². The molecule has 7 heterocycles. The Hall–Kier alpha value is -5.13. The quantitative estimate of drug-likeness (QED) is 0.294. The van der Waals surface area contributed by atoms with Crippen molar-refractivity contribution in [1.82, 2.24) is 34.4 Å². The van der Waals surface area contributed by atoms with E-state index < -0.39 is 5.82 Å². The lowest BCUT2D eigenvalue weighted by molar-refractivity contribution is -0.129. The molecule has 1 N–H and O–H groups in total. The minimum absolute atomic E-state index is 0.0250. The minimum Gasteiger partial charge on any atom is -0.457 e. The van der Waals surface area contributed by atoms with Gasteiger partial charge < -0.3 is 19.9 Å². The van der Waals surface area contributed by atoms with Gasteiger partial charge in [-0.1, -0.05) is 6.58 Å². The Morgan fingerprint density at radius 1 is 1.10 bits per heavy atom. The van der Waals surface area contributed by atoms with Crippen LogP contribution in [0, 0.1) is 18.7 Å². The molecule has 212 valence electrons. The number of aromatic nitrogens is 6. The van der Waals surface area contributed by atoms with Crippen LogP contribution in [-0.4, -0.2) is 66.0 Å². The number of anilines is 3. The fraction of sp³-hybridized carbons (Fsp3) is 0.267. The molecule has 4 aromatic heterocycles. The predicted molar refractivity (Wildman–Crippen MR) is 155 cm³/mol. The van der Waals surface area contributed by atoms with Crippen molar-refractivity contribution < 1.29 is 13.9 Å². The molecule has 5 aromatic rings. The van der Waals surface area contributed by atoms with E-state index in [2.05, 4.69) is 36.8 Å². The molecular formula is C30H28FN9O2. The van der Waals surface area contributed by atoms with Crippen molar-refractivity contribution in [3.8, 4) is 11.5 Å². The molecule has 8 rings (SSSR count). The topological polar surface area (TPSA) is 114 Å². The average Bonchev–Trinajstić information content (AvgIpc) is 3.28. The van der Waals surface area contributed by atoms with Crippen molar-refractivity contribution in [3.63, 3.8) is 0 Å². The third-order valence-electron chi connectivity index (χ3n) is 8.03. The average molecular weight is 566 g/mol. The smallest absolute Gasteiger partial charge is 0.246 e. The van der Waals surface area contributed by atoms with Crippen LogP contribution >= 0.6 is 0 Å². The number of hydrogen-bond donors (Lipinski definition) is 1. The molecule has 42 heavy (non-hydrogen) atoms. The highest BCUT2D eigenvalue weighted by Gasteiger charge is 2.37. The Kier molecular flexibility index (Phi) is 6.37. The van der Waals surface area contributed by atoms with Crippen LogP contribution in [0.5, 0.6) is 11.5 Å². The summed E-state index contributed by atoms with van der Waals surface area (Å²) in [7, 11) is 0. The number of carbonyl (C=O) groups is 1. The van der Waals surface area contributed by atoms with Gasteiger partial charge in [0.1, 0.15) is 35.5 Å². The fourth-order valence-corrected chi connectivity index (χ4v) is 5.84. The minimum atomic E-state index is -0.463. The molecule has 0 radical (unpaired) electrons. The number of amides is 1. The number of ether oxygens (including phenoxy) is 1. The maximum absolute atomic E-state index is 15.6. The molecule has 3 aliphatic heterocycles. The summed E-state index contributed by atoms with van der Waals surface area (Å²) < 4.78 is 23.2. The van der Waals surface area contributed by atoms with Crippen LogP contribution in [0.1, 0.15) is 18.4 Å². The maximum Gasteiger partial charge on any atom is 0.246 e. The van der Waals surface area contributed by atoms with Crippen LogP contribution in [0.25, 0.3) is 16.7 Å². The lowest BCUT2D eigenvalue weighted by Crippen LogP contribution is -2.46. The highest BCUT2D eigenvalue weighted by atomic mass is 19.1. The molecule has 3 fully saturated rings. The predicted octanol–water partition coefficient (Wildman–Crippen LogP) is 4.66. The molecule has 1 amide bonds. The Morgan fingerprint density at radius 3 is 2.88 bits per heavy atom. The normalized spacial score (nSPS) is 18.3. The molecule has 2 bridgehead atoms. The van der Waals surface area contributed by atoms with E-state index in [4.69, 9.17) is 9.72 Å². The molecule has 3 saturated heterocycles. The van der Waals surface area contributed by atoms with Gasteiger partial charge in [-0.15, -0.1) is 0 Å². The van der Waals surface area contributed by atoms with E-state index in [9.17, 15) is 4.79 Å². The van der Waals surface area contributed by atoms with Gasteiger partial charge in [0, 0.05) is 43.5 Å². The van der Waals surface area contributed by atoms with E-state index in [1.165, 1.54) is 18.7 Å². The number of pyridine rings is 2. The summed E-state index contributed by atoms with van der Waals surface area (Å²) in [6.07, 6.45) is 8.04. The van der Waals surface area contributed by atoms with E-state index in [0.717, 1.165) is 31.7 Å². The van der Waals surface area contributed by atoms with Crippen molar-refractivity contribution in [3.05, 3.63) is 79.3 Å². The number of nitrogens with one attached hydrogen (secondary N) is 1. The second-order valence-corrected chi connectivity index (χ2v) is 10.7. The first-order valence-electron chi connectivity index (χ1n) is 13.8. The molecule has 0 spiro atoms. The second kappa shape index (κ2) is 10.4. The van der Waals surface area contributed by atoms with E-state index in [-0.39, 0.29) is 17.6 Å². The van der Waals surface area contributed by atoms with Gasteiger partial charge in [-0.25, -0.2) is 28.8 Å². The van der Waals surface area contributed by atoms with Gasteiger partial charge in [-0.3, -0.25) is 4.79 Å². The summed E-state index contributed by atoms with van der Waals surface area (Å²) >= 11 is 0. The fourth-order valence-electron chi connectivity index (χ4n) is 5.84. The third kappa shape index (κ3) is 4.64. The lowest BCUT2D eigenvalue weighted by atomic mass is 9.95. The molecule has 0 aliphatic carbocycles. The van der Waals surface area contributed by atoms with Gasteiger partial charge >= 0.3 is 0 Å². The number of hydrogen-bond acceptors (Lipinski definition) is 9. The van der Waals surface area contributed by atoms with Crippen molar-refractivity contribution in [2.45, 2.75) is 25.8 Å². The van der Waals surface area contributed by atoms with Gasteiger partial charge in [-0.05, 0) is 62.1 Å². The monoisotopic (exact) mass is 565 g/mol. The van der Waals surface area contributed by atoms with E-state index >= 15 is 4.39 Å². The molecule has 12 heteroatoms. The number of halogens is 1. The largest absolute Gasteiger partial charge is 0.457 e. The van der Waals surface area contributed by atoms with Gasteiger partial charge in [-0.2, -0.15) is 5.10 Å². The van der Waals surface area contributed by atoms with Crippen LogP contribution in [0.2, 0.25) is 0 Å². The van der Waals surface area contributed by atoms with E-state index in [1.807, 2.05) is 17.0 Å². The third-order valence-corrected chi connectivity index (χ3v) is 8.03. The van der Waals surface area contributed by atoms with Crippen LogP contribution in [-0.2, 0) is 4.79 Å². The Labute approximate surface area is 240 Å². The first-order valence-corrected chi connectivity index (χ1v) is 13.8. The summed E-state index contributed by atoms with van der Waals surface area (Å²) in [5.74, 6) is 1.94. The molecule has 3 aliphatic rings. The standard InChI is InChI=1S/C30H28FN9O2/c1-3-27(41)39-14-19-4-5-20(39)15-38(13-19)25-9-7-23-29(37-25)30(34-16-32-23)36-22-6-8-24(18(2)28(22)31)42-21-10-11-40-26(12-21)33-17-35-40/h3,6-12,16-17,19-20H,1,4-5,13-15H2,2H3,(H,32,34,36)/t19-,20+/m1/s1. The van der Waals surface area contributed by atoms with Crippen molar-refractivity contribution >= 4 is 39.9 Å². The van der Waals surface area contributed by atoms with Crippen LogP contribution in [0.4, 0.5) is 21.7 Å². The Morgan fingerprint density at radius 2 is 2.00 bits per heavy atom. The molecule has 1 aromatic carbocycles. The zero-order valence-electron chi connectivity index (χ0n) is 22.9. The SMILES string of the molecule is C=CC(=O)N1C[C@@H]2CC[C@H]1CN(c1ccc3ncnc(Nc4ccc(Oc5ccn6ncnc6c5)c(C)c4F)c3n1)C2. The number of piperidine rings is 1. The summed E-state index contributed by atoms with van der Waals surface area (Å²) in [5.41, 5.74) is 2.38. The molecule has 0 saturated carbocycles. The molecular weight excluding hydrogens is 537 g/mol. The Bertz CT molecular complexity index is 1840. The zero-order valence-corrected chi connectivity index (χ0v) is 22.9. The van der Waals surface area contributed by atoms with E-state index in [0.29, 0.717) is 52.0 Å². The Balaban J connectivity index is 1.15. The molecule has 11 nitrogen and oxygen atoms in total. The lowest BCUT2D eigenvalue weighted by Gasteiger charge is -2.35. The van der Waals surface area contributed by atoms with Crippen LogP contribution in [0.3, 0.4) is 0 Å². The van der Waals surface area contributed by atoms with E-state index in [1.54, 1.807) is 41.9 Å². The van der Waals surface area contributed by atoms with Gasteiger partial charge in [0.15, 0.2) is 17.3 Å². The second-order valence-electron chi connectivity index (χ2n) is 10.7. The highest BCUT2D eigenvalue weighted by molar-refractivity contribution is 5.89. The number of benzene rings is 1. The number of rotatable bonds is 6. The van der Waals surface area contributed by atoms with Gasteiger partial charge in [0.2, 0.25) is 5.91 Å². The zero-order chi connectivity index (χ0) is 28.8. The van der Waals surface area contributed by atoms with Crippen LogP contribution < -0.4 is 15.0 Å². The summed E-state index contributed by atoms with van der Waals surface area (Å²) in [5, 5.41) is 7.20. The van der Waals surface area contributed by atoms with Crippen LogP contribution in [0.15, 0.2) is 67.9 Å². The first-order chi connectivity index (χ1) is 20.5. The molecule has 0 unspecified atom stereocenters. The highest BCUT2D eigenvalue weighted by Crippen LogP contribution is 2.34. The van der Waals surface area contributed by atoms with Crippen molar-refractivity contribution in [2.75, 3.05) is 29.9 Å². The summed E-state index contributed by atoms with van der Waals surface area (Å²) in [6, 6.07) is 10.7. The number of carbonyl (C=O) groups excluding carboxylic acids is 1. The van der Waals surface area contributed by atoms with Crippen molar-refractivity contribution in [1.29, 1.82) is 0 Å². The first kappa shape index (κ1) is 25.8.